The van der Waals surface area contributed by atoms with Gasteiger partial charge in [0.15, 0.2) is 5.78 Å². The number of nitrogens with zero attached hydrogens (tertiary/aromatic N) is 2. The van der Waals surface area contributed by atoms with Gasteiger partial charge in [-0.15, -0.1) is 0 Å². The molecule has 2 aromatic carbocycles. The van der Waals surface area contributed by atoms with Crippen molar-refractivity contribution in [3.63, 3.8) is 0 Å². The topological polar surface area (TPSA) is 57.7 Å². The Labute approximate surface area is 180 Å². The zero-order valence-corrected chi connectivity index (χ0v) is 17.7. The molecule has 0 radical (unpaired) electrons. The number of halogens is 2. The summed E-state index contributed by atoms with van der Waals surface area (Å²) in [7, 11) is 0. The van der Waals surface area contributed by atoms with Gasteiger partial charge in [-0.3, -0.25) is 14.4 Å². The molecule has 2 aromatic rings. The first-order valence-electron chi connectivity index (χ1n) is 9.46. The average Bonchev–Trinajstić information content (AvgIpc) is 2.71. The molecule has 1 saturated heterocycles. The molecule has 1 heterocycles. The first-order chi connectivity index (χ1) is 13.8. The summed E-state index contributed by atoms with van der Waals surface area (Å²) in [6.45, 7) is 3.71. The third-order valence-corrected chi connectivity index (χ3v) is 5.41. The van der Waals surface area contributed by atoms with Crippen LogP contribution in [0.1, 0.15) is 39.1 Å². The van der Waals surface area contributed by atoms with Gasteiger partial charge in [-0.2, -0.15) is 0 Å². The fourth-order valence-electron chi connectivity index (χ4n) is 3.28. The molecule has 29 heavy (non-hydrogen) atoms. The van der Waals surface area contributed by atoms with Crippen LogP contribution in [0.15, 0.2) is 42.5 Å². The van der Waals surface area contributed by atoms with Crippen LogP contribution in [0.25, 0.3) is 0 Å². The van der Waals surface area contributed by atoms with Crippen molar-refractivity contribution in [1.29, 1.82) is 0 Å². The predicted octanol–water partition coefficient (Wildman–Crippen LogP) is 4.25. The number of Topliss-reactive ketones (excluding diaryl/α,β-unsaturated/α-hetero) is 1. The zero-order valence-electron chi connectivity index (χ0n) is 16.2. The monoisotopic (exact) mass is 432 g/mol. The summed E-state index contributed by atoms with van der Waals surface area (Å²) >= 11 is 11.9. The lowest BCUT2D eigenvalue weighted by Crippen LogP contribution is -2.50. The predicted molar refractivity (Wildman–Crippen MR) is 114 cm³/mol. The maximum atomic E-state index is 12.6. The second kappa shape index (κ2) is 9.42. The van der Waals surface area contributed by atoms with Crippen molar-refractivity contribution < 1.29 is 14.4 Å². The highest BCUT2D eigenvalue weighted by Gasteiger charge is 2.25. The molecule has 152 valence electrons. The molecule has 0 unspecified atom stereocenters. The van der Waals surface area contributed by atoms with Gasteiger partial charge in [0, 0.05) is 60.2 Å². The summed E-state index contributed by atoms with van der Waals surface area (Å²) in [5.41, 5.74) is 2.15. The number of aryl methyl sites for hydroxylation is 1. The van der Waals surface area contributed by atoms with Crippen LogP contribution in [0.4, 0.5) is 0 Å². The first kappa shape index (κ1) is 21.3. The molecule has 1 aliphatic rings. The van der Waals surface area contributed by atoms with Gasteiger partial charge in [-0.05, 0) is 25.1 Å². The van der Waals surface area contributed by atoms with E-state index in [9.17, 15) is 14.4 Å². The number of ketones is 1. The second-order valence-corrected chi connectivity index (χ2v) is 7.99. The largest absolute Gasteiger partial charge is 0.339 e. The van der Waals surface area contributed by atoms with E-state index in [4.69, 9.17) is 23.2 Å². The van der Waals surface area contributed by atoms with Gasteiger partial charge in [-0.25, -0.2) is 0 Å². The fourth-order valence-corrected chi connectivity index (χ4v) is 3.81. The van der Waals surface area contributed by atoms with Crippen LogP contribution in [-0.2, 0) is 4.79 Å². The van der Waals surface area contributed by atoms with Crippen LogP contribution >= 0.6 is 23.2 Å². The van der Waals surface area contributed by atoms with Crippen molar-refractivity contribution in [1.82, 2.24) is 9.80 Å². The summed E-state index contributed by atoms with van der Waals surface area (Å²) in [6.07, 6.45) is 0.354. The number of piperazine rings is 1. The van der Waals surface area contributed by atoms with E-state index < -0.39 is 0 Å². The number of rotatable bonds is 5. The van der Waals surface area contributed by atoms with Crippen LogP contribution in [0, 0.1) is 6.92 Å². The Morgan fingerprint density at radius 3 is 1.93 bits per heavy atom. The highest BCUT2D eigenvalue weighted by atomic mass is 35.5. The summed E-state index contributed by atoms with van der Waals surface area (Å²) < 4.78 is 0. The highest BCUT2D eigenvalue weighted by molar-refractivity contribution is 6.35. The van der Waals surface area contributed by atoms with E-state index in [2.05, 4.69) is 0 Å². The van der Waals surface area contributed by atoms with Gasteiger partial charge >= 0.3 is 0 Å². The van der Waals surface area contributed by atoms with E-state index in [1.54, 1.807) is 40.1 Å². The Morgan fingerprint density at radius 2 is 1.34 bits per heavy atom. The third kappa shape index (κ3) is 5.58. The molecule has 1 aliphatic heterocycles. The minimum absolute atomic E-state index is 0.0370. The van der Waals surface area contributed by atoms with Crippen LogP contribution < -0.4 is 0 Å². The van der Waals surface area contributed by atoms with Crippen molar-refractivity contribution in [3.8, 4) is 0 Å². The van der Waals surface area contributed by atoms with Crippen LogP contribution in [-0.4, -0.2) is 53.6 Å². The molecule has 3 rings (SSSR count). The lowest BCUT2D eigenvalue weighted by Gasteiger charge is -2.35. The number of carbonyl (C=O) groups is 3. The quantitative estimate of drug-likeness (QED) is 0.663. The molecule has 0 bridgehead atoms. The normalized spacial score (nSPS) is 14.0. The number of hydrogen-bond donors (Lipinski definition) is 0. The maximum absolute atomic E-state index is 12.6. The highest BCUT2D eigenvalue weighted by Crippen LogP contribution is 2.21. The Morgan fingerprint density at radius 1 is 0.793 bits per heavy atom. The number of hydrogen-bond acceptors (Lipinski definition) is 3. The fraction of sp³-hybridized carbons (Fsp3) is 0.318. The van der Waals surface area contributed by atoms with E-state index in [0.29, 0.717) is 47.4 Å². The summed E-state index contributed by atoms with van der Waals surface area (Å²) in [4.78, 5) is 40.7. The summed E-state index contributed by atoms with van der Waals surface area (Å²) in [5.74, 6) is -0.260. The van der Waals surface area contributed by atoms with Gasteiger partial charge in [0.25, 0.3) is 5.91 Å². The molecule has 0 saturated carbocycles. The van der Waals surface area contributed by atoms with E-state index in [0.717, 1.165) is 5.56 Å². The molecule has 1 fully saturated rings. The molecule has 7 heteroatoms. The molecular formula is C22H22Cl2N2O3. The lowest BCUT2D eigenvalue weighted by molar-refractivity contribution is -0.132. The summed E-state index contributed by atoms with van der Waals surface area (Å²) in [6, 6.07) is 12.1. The average molecular weight is 433 g/mol. The maximum Gasteiger partial charge on any atom is 0.254 e. The zero-order chi connectivity index (χ0) is 21.0. The van der Waals surface area contributed by atoms with Gasteiger partial charge in [0.05, 0.1) is 0 Å². The first-order valence-corrected chi connectivity index (χ1v) is 10.2. The van der Waals surface area contributed by atoms with Crippen LogP contribution in [0.5, 0.6) is 0 Å². The smallest absolute Gasteiger partial charge is 0.254 e. The van der Waals surface area contributed by atoms with E-state index in [1.165, 1.54) is 0 Å². The Kier molecular flexibility index (Phi) is 6.93. The van der Waals surface area contributed by atoms with E-state index >= 15 is 0 Å². The van der Waals surface area contributed by atoms with Crippen LogP contribution in [0.3, 0.4) is 0 Å². The number of carbonyl (C=O) groups excluding carboxylic acids is 3. The summed E-state index contributed by atoms with van der Waals surface area (Å²) in [5, 5.41) is 0.820. The molecule has 2 amide bonds. The van der Waals surface area contributed by atoms with Crippen molar-refractivity contribution >= 4 is 40.8 Å². The minimum Gasteiger partial charge on any atom is -0.339 e. The van der Waals surface area contributed by atoms with Crippen molar-refractivity contribution in [2.45, 2.75) is 19.8 Å². The molecule has 5 nitrogen and oxygen atoms in total. The standard InChI is InChI=1S/C22H22Cl2N2O3/c1-15-2-4-16(5-3-15)20(27)6-7-21(28)25-8-10-26(11-9-25)22(29)17-12-18(23)14-19(24)13-17/h2-5,12-14H,6-11H2,1H3. The molecular weight excluding hydrogens is 411 g/mol. The lowest BCUT2D eigenvalue weighted by atomic mass is 10.0. The Bertz CT molecular complexity index is 900. The van der Waals surface area contributed by atoms with Gasteiger partial charge < -0.3 is 9.80 Å². The molecule has 0 aromatic heterocycles. The van der Waals surface area contributed by atoms with Crippen LogP contribution in [0.2, 0.25) is 10.0 Å². The SMILES string of the molecule is Cc1ccc(C(=O)CCC(=O)N2CCN(C(=O)c3cc(Cl)cc(Cl)c3)CC2)cc1. The Hall–Kier alpha value is -2.37. The van der Waals surface area contributed by atoms with Gasteiger partial charge in [0.2, 0.25) is 5.91 Å². The molecule has 0 spiro atoms. The second-order valence-electron chi connectivity index (χ2n) is 7.12. The number of amides is 2. The molecule has 0 N–H and O–H groups in total. The number of benzene rings is 2. The van der Waals surface area contributed by atoms with Crippen molar-refractivity contribution in [2.24, 2.45) is 0 Å². The van der Waals surface area contributed by atoms with E-state index in [1.807, 2.05) is 19.1 Å². The molecule has 0 atom stereocenters. The third-order valence-electron chi connectivity index (χ3n) is 4.97. The van der Waals surface area contributed by atoms with Crippen molar-refractivity contribution in [2.75, 3.05) is 26.2 Å². The van der Waals surface area contributed by atoms with Crippen molar-refractivity contribution in [3.05, 3.63) is 69.2 Å². The van der Waals surface area contributed by atoms with E-state index in [-0.39, 0.29) is 30.4 Å². The van der Waals surface area contributed by atoms with Gasteiger partial charge in [0.1, 0.15) is 0 Å². The minimum atomic E-state index is -0.156. The Balaban J connectivity index is 1.49. The van der Waals surface area contributed by atoms with Gasteiger partial charge in [-0.1, -0.05) is 53.0 Å². The molecule has 0 aliphatic carbocycles.